The van der Waals surface area contributed by atoms with E-state index >= 15 is 0 Å². The molecular formula is C26H28ClN3O5S. The highest BCUT2D eigenvalue weighted by Crippen LogP contribution is 2.30. The highest BCUT2D eigenvalue weighted by molar-refractivity contribution is 7.92. The van der Waals surface area contributed by atoms with Crippen molar-refractivity contribution in [2.24, 2.45) is 0 Å². The van der Waals surface area contributed by atoms with Crippen LogP contribution < -0.4 is 14.9 Å². The second kappa shape index (κ2) is 12.0. The zero-order chi connectivity index (χ0) is 26.3. The molecule has 190 valence electrons. The molecule has 3 aromatic carbocycles. The first-order valence-corrected chi connectivity index (χ1v) is 13.0. The molecule has 3 rings (SSSR count). The summed E-state index contributed by atoms with van der Waals surface area (Å²) in [5, 5.41) is 14.5. The maximum Gasteiger partial charge on any atom is 0.264 e. The minimum Gasteiger partial charge on any atom is -0.395 e. The number of benzene rings is 3. The van der Waals surface area contributed by atoms with Crippen LogP contribution in [0.1, 0.15) is 27.0 Å². The van der Waals surface area contributed by atoms with Crippen LogP contribution in [0.4, 0.5) is 5.69 Å². The van der Waals surface area contributed by atoms with E-state index in [4.69, 9.17) is 16.7 Å². The van der Waals surface area contributed by atoms with Crippen LogP contribution in [-0.2, 0) is 21.4 Å². The first kappa shape index (κ1) is 27.2. The standard InChI is InChI=1S/C26H28ClN3O5S/c1-18-6-12-22(13-7-18)36(34,35)30(24-5-3-4-23(27)19(24)2)17-25(32)29-16-20-8-10-21(11-9-20)26(33)28-14-15-31/h3-13,31H,14-17H2,1-2H3,(H,28,33)(H,29,32). The van der Waals surface area contributed by atoms with Crippen LogP contribution in [0.3, 0.4) is 0 Å². The number of anilines is 1. The van der Waals surface area contributed by atoms with E-state index in [1.165, 1.54) is 12.1 Å². The van der Waals surface area contributed by atoms with Crippen molar-refractivity contribution in [3.05, 3.63) is 94.0 Å². The van der Waals surface area contributed by atoms with Gasteiger partial charge in [0.25, 0.3) is 15.9 Å². The molecule has 0 saturated heterocycles. The number of sulfonamides is 1. The van der Waals surface area contributed by atoms with Gasteiger partial charge in [-0.05, 0) is 61.4 Å². The normalized spacial score (nSPS) is 11.1. The molecule has 0 spiro atoms. The third-order valence-corrected chi connectivity index (χ3v) is 7.69. The third-order valence-electron chi connectivity index (χ3n) is 5.51. The fourth-order valence-electron chi connectivity index (χ4n) is 3.44. The van der Waals surface area contributed by atoms with Gasteiger partial charge in [0.15, 0.2) is 0 Å². The maximum absolute atomic E-state index is 13.5. The number of hydrogen-bond donors (Lipinski definition) is 3. The molecule has 36 heavy (non-hydrogen) atoms. The van der Waals surface area contributed by atoms with E-state index in [-0.39, 0.29) is 30.5 Å². The lowest BCUT2D eigenvalue weighted by atomic mass is 10.1. The fourth-order valence-corrected chi connectivity index (χ4v) is 5.08. The SMILES string of the molecule is Cc1ccc(S(=O)(=O)N(CC(=O)NCc2ccc(C(=O)NCCO)cc2)c2cccc(Cl)c2C)cc1. The first-order valence-electron chi connectivity index (χ1n) is 11.2. The molecule has 0 radical (unpaired) electrons. The van der Waals surface area contributed by atoms with E-state index in [2.05, 4.69) is 10.6 Å². The number of nitrogens with one attached hydrogen (secondary N) is 2. The van der Waals surface area contributed by atoms with Gasteiger partial charge in [-0.3, -0.25) is 13.9 Å². The quantitative estimate of drug-likeness (QED) is 0.373. The Hall–Kier alpha value is -3.40. The van der Waals surface area contributed by atoms with Gasteiger partial charge < -0.3 is 15.7 Å². The van der Waals surface area contributed by atoms with Gasteiger partial charge in [0.1, 0.15) is 6.54 Å². The zero-order valence-electron chi connectivity index (χ0n) is 20.0. The smallest absolute Gasteiger partial charge is 0.264 e. The summed E-state index contributed by atoms with van der Waals surface area (Å²) in [6, 6.07) is 17.9. The average Bonchev–Trinajstić information content (AvgIpc) is 2.87. The lowest BCUT2D eigenvalue weighted by Gasteiger charge is -2.26. The van der Waals surface area contributed by atoms with Crippen molar-refractivity contribution in [2.75, 3.05) is 24.0 Å². The number of rotatable bonds is 10. The van der Waals surface area contributed by atoms with Crippen LogP contribution >= 0.6 is 11.6 Å². The van der Waals surface area contributed by atoms with E-state index in [1.54, 1.807) is 61.5 Å². The van der Waals surface area contributed by atoms with Gasteiger partial charge >= 0.3 is 0 Å². The van der Waals surface area contributed by atoms with Gasteiger partial charge in [0, 0.05) is 23.7 Å². The van der Waals surface area contributed by atoms with E-state index < -0.39 is 22.5 Å². The van der Waals surface area contributed by atoms with Crippen molar-refractivity contribution >= 4 is 39.1 Å². The predicted molar refractivity (Wildman–Crippen MR) is 140 cm³/mol. The zero-order valence-corrected chi connectivity index (χ0v) is 21.6. The number of hydrogen-bond acceptors (Lipinski definition) is 5. The topological polar surface area (TPSA) is 116 Å². The summed E-state index contributed by atoms with van der Waals surface area (Å²) in [6.07, 6.45) is 0. The number of carbonyl (C=O) groups excluding carboxylic acids is 2. The van der Waals surface area contributed by atoms with Crippen molar-refractivity contribution < 1.29 is 23.1 Å². The maximum atomic E-state index is 13.5. The van der Waals surface area contributed by atoms with E-state index in [1.807, 2.05) is 6.92 Å². The molecule has 0 aliphatic rings. The van der Waals surface area contributed by atoms with E-state index in [9.17, 15) is 18.0 Å². The Morgan fingerprint density at radius 1 is 0.944 bits per heavy atom. The number of halogens is 1. The predicted octanol–water partition coefficient (Wildman–Crippen LogP) is 3.19. The molecule has 8 nitrogen and oxygen atoms in total. The summed E-state index contributed by atoms with van der Waals surface area (Å²) in [7, 11) is -4.06. The van der Waals surface area contributed by atoms with Crippen LogP contribution in [-0.4, -0.2) is 45.0 Å². The van der Waals surface area contributed by atoms with Gasteiger partial charge in [-0.25, -0.2) is 8.42 Å². The van der Waals surface area contributed by atoms with Crippen molar-refractivity contribution in [1.29, 1.82) is 0 Å². The number of aryl methyl sites for hydroxylation is 1. The molecule has 0 unspecified atom stereocenters. The van der Waals surface area contributed by atoms with Gasteiger partial charge in [0.05, 0.1) is 17.2 Å². The van der Waals surface area contributed by atoms with Gasteiger partial charge in [-0.15, -0.1) is 0 Å². The summed E-state index contributed by atoms with van der Waals surface area (Å²) in [5.74, 6) is -0.816. The third kappa shape index (κ3) is 6.63. The fraction of sp³-hybridized carbons (Fsp3) is 0.231. The van der Waals surface area contributed by atoms with Crippen LogP contribution in [0.25, 0.3) is 0 Å². The second-order valence-corrected chi connectivity index (χ2v) is 10.4. The molecule has 0 saturated carbocycles. The Kier molecular flexibility index (Phi) is 9.08. The Bertz CT molecular complexity index is 1330. The number of amides is 2. The number of aliphatic hydroxyl groups is 1. The van der Waals surface area contributed by atoms with Crippen molar-refractivity contribution in [3.8, 4) is 0 Å². The Morgan fingerprint density at radius 2 is 1.61 bits per heavy atom. The Labute approximate surface area is 216 Å². The summed E-state index contributed by atoms with van der Waals surface area (Å²) in [6.45, 7) is 3.26. The molecule has 0 atom stereocenters. The van der Waals surface area contributed by atoms with Crippen LogP contribution in [0.15, 0.2) is 71.6 Å². The molecular weight excluding hydrogens is 502 g/mol. The Balaban J connectivity index is 1.78. The molecule has 3 N–H and O–H groups in total. The van der Waals surface area contributed by atoms with Crippen LogP contribution in [0.5, 0.6) is 0 Å². The van der Waals surface area contributed by atoms with Gasteiger partial charge in [-0.1, -0.05) is 47.5 Å². The lowest BCUT2D eigenvalue weighted by Crippen LogP contribution is -2.41. The average molecular weight is 530 g/mol. The summed E-state index contributed by atoms with van der Waals surface area (Å²) in [5.41, 5.74) is 2.92. The van der Waals surface area contributed by atoms with Crippen molar-refractivity contribution in [2.45, 2.75) is 25.3 Å². The lowest BCUT2D eigenvalue weighted by molar-refractivity contribution is -0.119. The van der Waals surface area contributed by atoms with Crippen molar-refractivity contribution in [1.82, 2.24) is 10.6 Å². The number of carbonyl (C=O) groups is 2. The largest absolute Gasteiger partial charge is 0.395 e. The first-order chi connectivity index (χ1) is 17.1. The molecule has 0 fully saturated rings. The highest BCUT2D eigenvalue weighted by atomic mass is 35.5. The Morgan fingerprint density at radius 3 is 2.25 bits per heavy atom. The minimum atomic E-state index is -4.06. The number of aliphatic hydroxyl groups excluding tert-OH is 1. The minimum absolute atomic E-state index is 0.0651. The monoisotopic (exact) mass is 529 g/mol. The summed E-state index contributed by atoms with van der Waals surface area (Å²) >= 11 is 6.25. The molecule has 2 amide bonds. The molecule has 0 aliphatic carbocycles. The van der Waals surface area contributed by atoms with Crippen molar-refractivity contribution in [3.63, 3.8) is 0 Å². The summed E-state index contributed by atoms with van der Waals surface area (Å²) < 4.78 is 28.1. The van der Waals surface area contributed by atoms with E-state index in [0.29, 0.717) is 21.8 Å². The number of nitrogens with zero attached hydrogens (tertiary/aromatic N) is 1. The van der Waals surface area contributed by atoms with Crippen LogP contribution in [0.2, 0.25) is 5.02 Å². The van der Waals surface area contributed by atoms with Gasteiger partial charge in [-0.2, -0.15) is 0 Å². The molecule has 0 aromatic heterocycles. The summed E-state index contributed by atoms with van der Waals surface area (Å²) in [4.78, 5) is 24.9. The molecule has 0 heterocycles. The molecule has 0 bridgehead atoms. The van der Waals surface area contributed by atoms with Gasteiger partial charge in [0.2, 0.25) is 5.91 Å². The van der Waals surface area contributed by atoms with Crippen LogP contribution in [0, 0.1) is 13.8 Å². The molecule has 0 aliphatic heterocycles. The molecule has 3 aromatic rings. The van der Waals surface area contributed by atoms with E-state index in [0.717, 1.165) is 15.4 Å². The second-order valence-electron chi connectivity index (χ2n) is 8.16. The highest BCUT2D eigenvalue weighted by Gasteiger charge is 2.28. The molecule has 10 heteroatoms.